The molecular weight excluding hydrogens is 332 g/mol. The average Bonchev–Trinajstić information content (AvgIpc) is 2.94. The topological polar surface area (TPSA) is 43.8 Å². The quantitative estimate of drug-likeness (QED) is 0.784. The van der Waals surface area contributed by atoms with Gasteiger partial charge in [-0.1, -0.05) is 32.0 Å². The van der Waals surface area contributed by atoms with Crippen LogP contribution >= 0.6 is 11.8 Å². The molecule has 2 heterocycles. The van der Waals surface area contributed by atoms with Crippen LogP contribution in [0.5, 0.6) is 0 Å². The van der Waals surface area contributed by atoms with E-state index in [-0.39, 0.29) is 6.54 Å². The van der Waals surface area contributed by atoms with Crippen molar-refractivity contribution < 1.29 is 9.90 Å². The SMILES string of the molecule is CC(C)Sc1ccccc1CN1CCC2(CCN(CC(=O)O)CC2)C1. The number of piperidine rings is 1. The second-order valence-electron chi connectivity index (χ2n) is 7.90. The summed E-state index contributed by atoms with van der Waals surface area (Å²) >= 11 is 1.95. The van der Waals surface area contributed by atoms with Crippen molar-refractivity contribution >= 4 is 17.7 Å². The summed E-state index contributed by atoms with van der Waals surface area (Å²) in [5, 5.41) is 9.57. The molecule has 25 heavy (non-hydrogen) atoms. The number of nitrogens with zero attached hydrogens (tertiary/aromatic N) is 2. The van der Waals surface area contributed by atoms with E-state index in [9.17, 15) is 4.79 Å². The molecule has 1 N–H and O–H groups in total. The maximum atomic E-state index is 10.9. The molecule has 0 aromatic heterocycles. The molecule has 0 saturated carbocycles. The van der Waals surface area contributed by atoms with Gasteiger partial charge in [0.05, 0.1) is 6.54 Å². The predicted molar refractivity (Wildman–Crippen MR) is 103 cm³/mol. The standard InChI is InChI=1S/C20H30N2O2S/c1-16(2)25-18-6-4-3-5-17(18)13-22-12-9-20(15-22)7-10-21(11-8-20)14-19(23)24/h3-6,16H,7-15H2,1-2H3,(H,23,24). The molecule has 1 spiro atoms. The first kappa shape index (κ1) is 18.7. The lowest BCUT2D eigenvalue weighted by Gasteiger charge is -2.38. The van der Waals surface area contributed by atoms with Crippen molar-refractivity contribution in [3.8, 4) is 0 Å². The van der Waals surface area contributed by atoms with E-state index >= 15 is 0 Å². The third kappa shape index (κ3) is 4.99. The van der Waals surface area contributed by atoms with Gasteiger partial charge in [0.2, 0.25) is 0 Å². The molecule has 2 saturated heterocycles. The van der Waals surface area contributed by atoms with Gasteiger partial charge in [-0.05, 0) is 55.9 Å². The third-order valence-corrected chi connectivity index (χ3v) is 6.65. The Kier molecular flexibility index (Phi) is 6.08. The maximum absolute atomic E-state index is 10.9. The Balaban J connectivity index is 1.56. The van der Waals surface area contributed by atoms with Crippen LogP contribution in [0.2, 0.25) is 0 Å². The molecule has 1 aromatic rings. The molecule has 3 rings (SSSR count). The fraction of sp³-hybridized carbons (Fsp3) is 0.650. The second kappa shape index (κ2) is 8.11. The van der Waals surface area contributed by atoms with Crippen molar-refractivity contribution in [1.82, 2.24) is 9.80 Å². The molecule has 0 unspecified atom stereocenters. The van der Waals surface area contributed by atoms with E-state index < -0.39 is 5.97 Å². The number of benzene rings is 1. The molecule has 0 bridgehead atoms. The molecule has 2 fully saturated rings. The predicted octanol–water partition coefficient (Wildman–Crippen LogP) is 3.56. The van der Waals surface area contributed by atoms with Crippen LogP contribution in [0, 0.1) is 5.41 Å². The van der Waals surface area contributed by atoms with E-state index in [2.05, 4.69) is 47.9 Å². The zero-order valence-corrected chi connectivity index (χ0v) is 16.2. The van der Waals surface area contributed by atoms with Crippen LogP contribution < -0.4 is 0 Å². The van der Waals surface area contributed by atoms with E-state index in [1.54, 1.807) is 0 Å². The molecule has 0 atom stereocenters. The Hall–Kier alpha value is -1.04. The Morgan fingerprint density at radius 1 is 1.16 bits per heavy atom. The number of likely N-dealkylation sites (tertiary alicyclic amines) is 2. The van der Waals surface area contributed by atoms with Crippen LogP contribution in [0.25, 0.3) is 0 Å². The lowest BCUT2D eigenvalue weighted by atomic mass is 9.78. The van der Waals surface area contributed by atoms with E-state index in [1.165, 1.54) is 23.4 Å². The fourth-order valence-corrected chi connectivity index (χ4v) is 5.14. The molecule has 0 amide bonds. The van der Waals surface area contributed by atoms with Crippen LogP contribution in [0.4, 0.5) is 0 Å². The summed E-state index contributed by atoms with van der Waals surface area (Å²) in [6.07, 6.45) is 3.53. The summed E-state index contributed by atoms with van der Waals surface area (Å²) in [7, 11) is 0. The maximum Gasteiger partial charge on any atom is 0.317 e. The second-order valence-corrected chi connectivity index (χ2v) is 9.52. The number of hydrogen-bond acceptors (Lipinski definition) is 4. The monoisotopic (exact) mass is 362 g/mol. The lowest BCUT2D eigenvalue weighted by Crippen LogP contribution is -2.43. The van der Waals surface area contributed by atoms with Gasteiger partial charge < -0.3 is 5.11 Å². The molecule has 4 nitrogen and oxygen atoms in total. The van der Waals surface area contributed by atoms with Gasteiger partial charge in [-0.25, -0.2) is 0 Å². The molecule has 1 aromatic carbocycles. The molecule has 0 aliphatic carbocycles. The number of carbonyl (C=O) groups is 1. The van der Waals surface area contributed by atoms with Crippen molar-refractivity contribution in [3.63, 3.8) is 0 Å². The van der Waals surface area contributed by atoms with Gasteiger partial charge >= 0.3 is 5.97 Å². The van der Waals surface area contributed by atoms with Gasteiger partial charge in [0.25, 0.3) is 0 Å². The molecule has 138 valence electrons. The molecular formula is C20H30N2O2S. The minimum absolute atomic E-state index is 0.194. The van der Waals surface area contributed by atoms with Crippen LogP contribution in [0.15, 0.2) is 29.2 Å². The Labute approximate surface area is 155 Å². The molecule has 2 aliphatic heterocycles. The lowest BCUT2D eigenvalue weighted by molar-refractivity contribution is -0.138. The van der Waals surface area contributed by atoms with Crippen LogP contribution in [0.1, 0.15) is 38.7 Å². The number of carboxylic acids is 1. The highest BCUT2D eigenvalue weighted by molar-refractivity contribution is 8.00. The van der Waals surface area contributed by atoms with Gasteiger partial charge in [0, 0.05) is 23.2 Å². The van der Waals surface area contributed by atoms with E-state index in [1.807, 2.05) is 11.8 Å². The third-order valence-electron chi connectivity index (χ3n) is 5.52. The normalized spacial score (nSPS) is 21.2. The minimum Gasteiger partial charge on any atom is -0.480 e. The van der Waals surface area contributed by atoms with Gasteiger partial charge in [-0.2, -0.15) is 0 Å². The number of aliphatic carboxylic acids is 1. The summed E-state index contributed by atoms with van der Waals surface area (Å²) in [5.41, 5.74) is 1.86. The van der Waals surface area contributed by atoms with Crippen LogP contribution in [0.3, 0.4) is 0 Å². The van der Waals surface area contributed by atoms with Crippen molar-refractivity contribution in [3.05, 3.63) is 29.8 Å². The van der Waals surface area contributed by atoms with E-state index in [4.69, 9.17) is 5.11 Å². The first-order chi connectivity index (χ1) is 12.0. The van der Waals surface area contributed by atoms with Gasteiger partial charge in [-0.15, -0.1) is 11.8 Å². The van der Waals surface area contributed by atoms with Crippen LogP contribution in [-0.2, 0) is 11.3 Å². The van der Waals surface area contributed by atoms with Crippen molar-refractivity contribution in [2.24, 2.45) is 5.41 Å². The van der Waals surface area contributed by atoms with Gasteiger partial charge in [0.1, 0.15) is 0 Å². The van der Waals surface area contributed by atoms with E-state index in [0.29, 0.717) is 10.7 Å². The zero-order valence-electron chi connectivity index (χ0n) is 15.4. The number of hydrogen-bond donors (Lipinski definition) is 1. The van der Waals surface area contributed by atoms with Crippen molar-refractivity contribution in [2.75, 3.05) is 32.7 Å². The molecule has 2 aliphatic rings. The fourth-order valence-electron chi connectivity index (χ4n) is 4.19. The smallest absolute Gasteiger partial charge is 0.317 e. The van der Waals surface area contributed by atoms with Crippen LogP contribution in [-0.4, -0.2) is 58.8 Å². The van der Waals surface area contributed by atoms with Gasteiger partial charge in [-0.3, -0.25) is 14.6 Å². The Morgan fingerprint density at radius 2 is 1.80 bits per heavy atom. The van der Waals surface area contributed by atoms with Gasteiger partial charge in [0.15, 0.2) is 0 Å². The summed E-state index contributed by atoms with van der Waals surface area (Å²) in [5.74, 6) is -0.705. The first-order valence-electron chi connectivity index (χ1n) is 9.37. The first-order valence-corrected chi connectivity index (χ1v) is 10.2. The highest BCUT2D eigenvalue weighted by Crippen LogP contribution is 2.41. The summed E-state index contributed by atoms with van der Waals surface area (Å²) in [6.45, 7) is 9.92. The number of rotatable bonds is 6. The Morgan fingerprint density at radius 3 is 2.44 bits per heavy atom. The highest BCUT2D eigenvalue weighted by atomic mass is 32.2. The van der Waals surface area contributed by atoms with Crippen molar-refractivity contribution in [2.45, 2.75) is 49.8 Å². The van der Waals surface area contributed by atoms with Crippen molar-refractivity contribution in [1.29, 1.82) is 0 Å². The molecule has 0 radical (unpaired) electrons. The average molecular weight is 363 g/mol. The summed E-state index contributed by atoms with van der Waals surface area (Å²) < 4.78 is 0. The van der Waals surface area contributed by atoms with E-state index in [0.717, 1.165) is 39.0 Å². The molecule has 5 heteroatoms. The zero-order chi connectivity index (χ0) is 17.9. The number of carboxylic acid groups (broad SMARTS) is 1. The summed E-state index contributed by atoms with van der Waals surface area (Å²) in [4.78, 5) is 17.0. The largest absolute Gasteiger partial charge is 0.480 e. The Bertz CT molecular complexity index is 597. The summed E-state index contributed by atoms with van der Waals surface area (Å²) in [6, 6.07) is 8.80. The minimum atomic E-state index is -0.705. The highest BCUT2D eigenvalue weighted by Gasteiger charge is 2.40. The number of thioether (sulfide) groups is 1.